The molecule has 0 amide bonds. The van der Waals surface area contributed by atoms with Gasteiger partial charge in [-0.3, -0.25) is 26.4 Å². The number of nitrogens with one attached hydrogen (secondary N) is 2. The lowest BCUT2D eigenvalue weighted by Gasteiger charge is -2.36. The maximum atomic E-state index is 14.2. The molecule has 2 N–H and O–H groups in total. The van der Waals surface area contributed by atoms with Crippen LogP contribution in [0.3, 0.4) is 0 Å². The van der Waals surface area contributed by atoms with Crippen molar-refractivity contribution in [2.45, 2.75) is 81.1 Å². The quantitative estimate of drug-likeness (QED) is 0.0802. The highest BCUT2D eigenvalue weighted by atomic mass is 32.3. The summed E-state index contributed by atoms with van der Waals surface area (Å²) in [4.78, 5) is 28.4. The fourth-order valence-corrected chi connectivity index (χ4v) is 7.17. The zero-order chi connectivity index (χ0) is 39.9. The summed E-state index contributed by atoms with van der Waals surface area (Å²) in [6.07, 6.45) is 3.63. The second-order valence-corrected chi connectivity index (χ2v) is 14.4. The molecule has 16 heteroatoms. The lowest BCUT2D eigenvalue weighted by molar-refractivity contribution is -0.923. The summed E-state index contributed by atoms with van der Waals surface area (Å²) in [5, 5.41) is 7.44. The van der Waals surface area contributed by atoms with Crippen LogP contribution in [-0.4, -0.2) is 121 Å². The SMILES string of the molecule is CCc1c(CC)c(NCCC[N+](CC)(CC)CC)c2c(c1NCCC[N+](CC)(CC)CC)C(=O)c1ccccc1C2=O.O=S(=O)([O-])[O-].O=S(=O)([O-])[O-]. The molecule has 1 aliphatic carbocycles. The summed E-state index contributed by atoms with van der Waals surface area (Å²) in [6.45, 7) is 28.5. The highest BCUT2D eigenvalue weighted by molar-refractivity contribution is 7.79. The van der Waals surface area contributed by atoms with E-state index >= 15 is 0 Å². The monoisotopic (exact) mass is 770 g/mol. The fraction of sp³-hybridized carbons (Fsp3) is 0.611. The molecule has 0 bridgehead atoms. The molecule has 2 aromatic carbocycles. The van der Waals surface area contributed by atoms with Crippen molar-refractivity contribution in [1.29, 1.82) is 0 Å². The Morgan fingerprint density at radius 3 is 1.04 bits per heavy atom. The number of ketones is 2. The molecule has 296 valence electrons. The molecule has 0 radical (unpaired) electrons. The van der Waals surface area contributed by atoms with Crippen LogP contribution in [0.4, 0.5) is 11.4 Å². The first-order valence-corrected chi connectivity index (χ1v) is 20.8. The summed E-state index contributed by atoms with van der Waals surface area (Å²) in [5.41, 5.74) is 6.27. The molecule has 14 nitrogen and oxygen atoms in total. The maximum Gasteiger partial charge on any atom is 0.196 e. The maximum absolute atomic E-state index is 14.2. The van der Waals surface area contributed by atoms with Gasteiger partial charge in [0.1, 0.15) is 0 Å². The summed E-state index contributed by atoms with van der Waals surface area (Å²) in [6, 6.07) is 7.34. The normalized spacial score (nSPS) is 12.9. The summed E-state index contributed by atoms with van der Waals surface area (Å²) in [7, 11) is -10.3. The van der Waals surface area contributed by atoms with Crippen LogP contribution in [0.25, 0.3) is 0 Å². The number of carbonyl (C=O) groups excluding carboxylic acids is 2. The van der Waals surface area contributed by atoms with Gasteiger partial charge in [-0.1, -0.05) is 38.1 Å². The van der Waals surface area contributed by atoms with Gasteiger partial charge in [0.15, 0.2) is 11.6 Å². The second-order valence-electron chi connectivity index (χ2n) is 12.8. The molecule has 0 aromatic heterocycles. The summed E-state index contributed by atoms with van der Waals surface area (Å²) < 4.78 is 70.4. The predicted molar refractivity (Wildman–Crippen MR) is 199 cm³/mol. The highest BCUT2D eigenvalue weighted by Crippen LogP contribution is 2.42. The van der Waals surface area contributed by atoms with Gasteiger partial charge in [-0.25, -0.2) is 0 Å². The molecule has 0 saturated heterocycles. The van der Waals surface area contributed by atoms with Gasteiger partial charge < -0.3 is 37.8 Å². The molecular formula is C36H58N4O10S2-2. The van der Waals surface area contributed by atoms with E-state index in [9.17, 15) is 9.59 Å². The van der Waals surface area contributed by atoms with E-state index in [4.69, 9.17) is 35.0 Å². The summed E-state index contributed by atoms with van der Waals surface area (Å²) >= 11 is 0. The van der Waals surface area contributed by atoms with E-state index in [0.717, 1.165) is 111 Å². The summed E-state index contributed by atoms with van der Waals surface area (Å²) in [5.74, 6) is -0.0786. The largest absolute Gasteiger partial charge is 0.759 e. The predicted octanol–water partition coefficient (Wildman–Crippen LogP) is 4.27. The number of hydrogen-bond acceptors (Lipinski definition) is 12. The van der Waals surface area contributed by atoms with E-state index in [-0.39, 0.29) is 11.6 Å². The highest BCUT2D eigenvalue weighted by Gasteiger charge is 2.37. The number of benzene rings is 2. The number of rotatable bonds is 18. The molecule has 0 spiro atoms. The van der Waals surface area contributed by atoms with Gasteiger partial charge in [0.2, 0.25) is 0 Å². The van der Waals surface area contributed by atoms with E-state index in [2.05, 4.69) is 66.0 Å². The molecule has 0 fully saturated rings. The number of quaternary nitrogens is 2. The zero-order valence-electron chi connectivity index (χ0n) is 32.0. The van der Waals surface area contributed by atoms with Crippen LogP contribution in [0.15, 0.2) is 24.3 Å². The van der Waals surface area contributed by atoms with Gasteiger partial charge in [0, 0.05) is 69.2 Å². The van der Waals surface area contributed by atoms with Crippen molar-refractivity contribution in [1.82, 2.24) is 0 Å². The van der Waals surface area contributed by atoms with E-state index < -0.39 is 20.8 Å². The Morgan fingerprint density at radius 1 is 0.538 bits per heavy atom. The molecule has 2 aromatic rings. The molecule has 52 heavy (non-hydrogen) atoms. The Labute approximate surface area is 311 Å². The van der Waals surface area contributed by atoms with Crippen molar-refractivity contribution in [2.75, 3.05) is 76.1 Å². The van der Waals surface area contributed by atoms with E-state index in [1.54, 1.807) is 0 Å². The Kier molecular flexibility index (Phi) is 19.1. The van der Waals surface area contributed by atoms with Crippen LogP contribution >= 0.6 is 0 Å². The third-order valence-corrected chi connectivity index (χ3v) is 10.5. The minimum absolute atomic E-state index is 0.0393. The lowest BCUT2D eigenvalue weighted by atomic mass is 9.78. The number of carbonyl (C=O) groups is 2. The van der Waals surface area contributed by atoms with Gasteiger partial charge in [-0.15, -0.1) is 0 Å². The Hall–Kier alpha value is -2.96. The van der Waals surface area contributed by atoms with Gasteiger partial charge in [0.05, 0.1) is 63.5 Å². The van der Waals surface area contributed by atoms with Gasteiger partial charge in [-0.2, -0.15) is 0 Å². The molecule has 0 aliphatic heterocycles. The second kappa shape index (κ2) is 21.1. The van der Waals surface area contributed by atoms with Crippen LogP contribution in [-0.2, 0) is 33.6 Å². The molecular weight excluding hydrogens is 713 g/mol. The Balaban J connectivity index is 0.00000119. The molecule has 0 saturated carbocycles. The van der Waals surface area contributed by atoms with Crippen molar-refractivity contribution in [3.8, 4) is 0 Å². The molecule has 1 aliphatic rings. The van der Waals surface area contributed by atoms with Crippen LogP contribution in [0.1, 0.15) is 111 Å². The molecule has 0 unspecified atom stereocenters. The fourth-order valence-electron chi connectivity index (χ4n) is 7.17. The number of anilines is 2. The van der Waals surface area contributed by atoms with Crippen LogP contribution in [0.2, 0.25) is 0 Å². The van der Waals surface area contributed by atoms with Crippen LogP contribution in [0.5, 0.6) is 0 Å². The third-order valence-electron chi connectivity index (χ3n) is 10.5. The van der Waals surface area contributed by atoms with Crippen molar-refractivity contribution >= 4 is 43.7 Å². The average molecular weight is 771 g/mol. The Morgan fingerprint density at radius 2 is 0.808 bits per heavy atom. The van der Waals surface area contributed by atoms with E-state index in [1.165, 1.54) is 11.1 Å². The molecule has 0 heterocycles. The number of nitrogens with zero attached hydrogens (tertiary/aromatic N) is 2. The van der Waals surface area contributed by atoms with Crippen LogP contribution in [0, 0.1) is 0 Å². The lowest BCUT2D eigenvalue weighted by Crippen LogP contribution is -2.48. The smallest absolute Gasteiger partial charge is 0.196 e. The van der Waals surface area contributed by atoms with Crippen LogP contribution < -0.4 is 10.6 Å². The zero-order valence-corrected chi connectivity index (χ0v) is 33.6. The number of hydrogen-bond donors (Lipinski definition) is 2. The van der Waals surface area contributed by atoms with E-state index in [1.807, 2.05) is 24.3 Å². The molecule has 0 atom stereocenters. The van der Waals surface area contributed by atoms with Crippen molar-refractivity contribution < 1.29 is 53.6 Å². The Bertz CT molecular complexity index is 1550. The first kappa shape index (κ1) is 47.1. The minimum Gasteiger partial charge on any atom is -0.759 e. The van der Waals surface area contributed by atoms with Crippen molar-refractivity contribution in [3.63, 3.8) is 0 Å². The third kappa shape index (κ3) is 13.5. The van der Waals surface area contributed by atoms with Gasteiger partial charge >= 0.3 is 0 Å². The molecule has 3 rings (SSSR count). The number of fused-ring (bicyclic) bond motifs is 2. The van der Waals surface area contributed by atoms with Gasteiger partial charge in [-0.05, 0) is 65.5 Å². The van der Waals surface area contributed by atoms with E-state index in [0.29, 0.717) is 22.3 Å². The van der Waals surface area contributed by atoms with Gasteiger partial charge in [0.25, 0.3) is 0 Å². The first-order valence-electron chi connectivity index (χ1n) is 18.2. The standard InChI is InChI=1S/C36H56N4O2.2H2O4S/c1-9-27-28(10-2)34(38-24-20-26-40(14-6,15-7)16-8)32-31(35(41)29-21-17-18-22-30(29)36(32)42)33(27)37-23-19-25-39(11-3,12-4)13-5;2*1-5(2,3)4/h17-18,21-22H,9-16,19-20,23-26H2,1-8H3;2*(H2,1,2,3,4)/p-2. The van der Waals surface area contributed by atoms with Crippen molar-refractivity contribution in [2.24, 2.45) is 0 Å². The topological polar surface area (TPSA) is 219 Å². The first-order chi connectivity index (χ1) is 24.3. The minimum atomic E-state index is -5.17. The average Bonchev–Trinajstić information content (AvgIpc) is 3.09. The van der Waals surface area contributed by atoms with Crippen molar-refractivity contribution in [3.05, 3.63) is 57.6 Å².